The fourth-order valence-electron chi connectivity index (χ4n) is 2.77. The van der Waals surface area contributed by atoms with Gasteiger partial charge in [-0.05, 0) is 31.5 Å². The number of carbonyl (C=O) groups is 1. The van der Waals surface area contributed by atoms with Crippen LogP contribution in [0.1, 0.15) is 34.8 Å². The van der Waals surface area contributed by atoms with Gasteiger partial charge >= 0.3 is 0 Å². The van der Waals surface area contributed by atoms with Gasteiger partial charge in [-0.1, -0.05) is 35.5 Å². The van der Waals surface area contributed by atoms with E-state index in [0.29, 0.717) is 23.2 Å². The molecule has 140 valence electrons. The first-order valence-electron chi connectivity index (χ1n) is 8.77. The molecular formula is C20H18N6O2. The van der Waals surface area contributed by atoms with Gasteiger partial charge in [0.2, 0.25) is 0 Å². The van der Waals surface area contributed by atoms with E-state index in [9.17, 15) is 4.79 Å². The Balaban J connectivity index is 1.52. The molecule has 0 radical (unpaired) electrons. The van der Waals surface area contributed by atoms with Crippen molar-refractivity contribution in [1.82, 2.24) is 30.0 Å². The van der Waals surface area contributed by atoms with Crippen molar-refractivity contribution in [2.45, 2.75) is 19.9 Å². The van der Waals surface area contributed by atoms with Gasteiger partial charge in [-0.3, -0.25) is 9.36 Å². The van der Waals surface area contributed by atoms with Crippen LogP contribution >= 0.6 is 0 Å². The molecular weight excluding hydrogens is 356 g/mol. The minimum atomic E-state index is -0.251. The molecule has 1 amide bonds. The Morgan fingerprint density at radius 1 is 1.18 bits per heavy atom. The van der Waals surface area contributed by atoms with Crippen molar-refractivity contribution >= 4 is 5.91 Å². The summed E-state index contributed by atoms with van der Waals surface area (Å²) in [5, 5.41) is 6.75. The van der Waals surface area contributed by atoms with E-state index in [-0.39, 0.29) is 11.9 Å². The molecule has 0 aliphatic rings. The number of aromatic nitrogens is 5. The number of nitrogens with zero attached hydrogens (tertiary/aromatic N) is 5. The van der Waals surface area contributed by atoms with E-state index >= 15 is 0 Å². The molecule has 28 heavy (non-hydrogen) atoms. The SMILES string of the molecule is Cc1noc(-c2ccnc(-n3cnc(C(=O)N[C@H](C)c4ccccc4)c3)c2)n1. The normalized spacial score (nSPS) is 11.9. The van der Waals surface area contributed by atoms with E-state index in [1.54, 1.807) is 42.3 Å². The van der Waals surface area contributed by atoms with Crippen molar-refractivity contribution in [2.75, 3.05) is 0 Å². The minimum absolute atomic E-state index is 0.124. The summed E-state index contributed by atoms with van der Waals surface area (Å²) in [7, 11) is 0. The van der Waals surface area contributed by atoms with E-state index in [1.807, 2.05) is 37.3 Å². The zero-order valence-corrected chi connectivity index (χ0v) is 15.4. The molecule has 8 nitrogen and oxygen atoms in total. The molecule has 0 unspecified atom stereocenters. The lowest BCUT2D eigenvalue weighted by molar-refractivity contribution is 0.0935. The van der Waals surface area contributed by atoms with Crippen LogP contribution in [-0.4, -0.2) is 30.6 Å². The second kappa shape index (κ2) is 7.43. The minimum Gasteiger partial charge on any atom is -0.344 e. The van der Waals surface area contributed by atoms with Gasteiger partial charge in [0.15, 0.2) is 5.82 Å². The summed E-state index contributed by atoms with van der Waals surface area (Å²) in [6, 6.07) is 13.2. The van der Waals surface area contributed by atoms with E-state index in [0.717, 1.165) is 11.1 Å². The van der Waals surface area contributed by atoms with Gasteiger partial charge in [0, 0.05) is 18.0 Å². The molecule has 1 atom stereocenters. The number of hydrogen-bond donors (Lipinski definition) is 1. The number of aryl methyl sites for hydroxylation is 1. The standard InChI is InChI=1S/C20H18N6O2/c1-13(15-6-4-3-5-7-15)23-19(27)17-11-26(12-22-17)18-10-16(8-9-21-18)20-24-14(2)25-28-20/h3-13H,1-2H3,(H,23,27)/t13-/m1/s1. The number of nitrogens with one attached hydrogen (secondary N) is 1. The summed E-state index contributed by atoms with van der Waals surface area (Å²) < 4.78 is 6.87. The predicted octanol–water partition coefficient (Wildman–Crippen LogP) is 3.12. The number of pyridine rings is 1. The van der Waals surface area contributed by atoms with E-state index in [1.165, 1.54) is 0 Å². The molecule has 3 aromatic heterocycles. The Morgan fingerprint density at radius 3 is 2.75 bits per heavy atom. The molecule has 0 saturated carbocycles. The van der Waals surface area contributed by atoms with Gasteiger partial charge in [0.05, 0.1) is 6.04 Å². The van der Waals surface area contributed by atoms with Crippen LogP contribution in [0.2, 0.25) is 0 Å². The first kappa shape index (κ1) is 17.6. The second-order valence-corrected chi connectivity index (χ2v) is 6.32. The number of rotatable bonds is 5. The maximum absolute atomic E-state index is 12.5. The Labute approximate surface area is 161 Å². The monoisotopic (exact) mass is 374 g/mol. The molecule has 4 aromatic rings. The highest BCUT2D eigenvalue weighted by molar-refractivity contribution is 5.92. The van der Waals surface area contributed by atoms with E-state index < -0.39 is 0 Å². The third-order valence-electron chi connectivity index (χ3n) is 4.25. The second-order valence-electron chi connectivity index (χ2n) is 6.32. The Morgan fingerprint density at radius 2 is 2.00 bits per heavy atom. The van der Waals surface area contributed by atoms with E-state index in [2.05, 4.69) is 25.4 Å². The quantitative estimate of drug-likeness (QED) is 0.576. The Hall–Kier alpha value is -3.81. The molecule has 1 aromatic carbocycles. The lowest BCUT2D eigenvalue weighted by atomic mass is 10.1. The molecule has 0 fully saturated rings. The molecule has 4 rings (SSSR count). The van der Waals surface area contributed by atoms with Crippen LogP contribution in [0.25, 0.3) is 17.3 Å². The van der Waals surface area contributed by atoms with Crippen molar-refractivity contribution in [3.63, 3.8) is 0 Å². The van der Waals surface area contributed by atoms with Gasteiger partial charge in [0.1, 0.15) is 17.8 Å². The third kappa shape index (κ3) is 3.66. The summed E-state index contributed by atoms with van der Waals surface area (Å²) in [6.07, 6.45) is 4.83. The van der Waals surface area contributed by atoms with Crippen LogP contribution in [0.3, 0.4) is 0 Å². The molecule has 3 heterocycles. The average Bonchev–Trinajstić information content (AvgIpc) is 3.38. The van der Waals surface area contributed by atoms with Crippen LogP contribution in [0, 0.1) is 6.92 Å². The van der Waals surface area contributed by atoms with Crippen molar-refractivity contribution < 1.29 is 9.32 Å². The lowest BCUT2D eigenvalue weighted by Gasteiger charge is -2.13. The number of amides is 1. The van der Waals surface area contributed by atoms with Gasteiger partial charge < -0.3 is 9.84 Å². The molecule has 0 aliphatic carbocycles. The van der Waals surface area contributed by atoms with Crippen molar-refractivity contribution in [2.24, 2.45) is 0 Å². The van der Waals surface area contributed by atoms with Crippen LogP contribution in [0.5, 0.6) is 0 Å². The zero-order chi connectivity index (χ0) is 19.5. The fourth-order valence-corrected chi connectivity index (χ4v) is 2.77. The summed E-state index contributed by atoms with van der Waals surface area (Å²) in [6.45, 7) is 3.69. The van der Waals surface area contributed by atoms with Gasteiger partial charge in [-0.15, -0.1) is 0 Å². The van der Waals surface area contributed by atoms with Gasteiger partial charge in [-0.2, -0.15) is 4.98 Å². The molecule has 0 spiro atoms. The van der Waals surface area contributed by atoms with E-state index in [4.69, 9.17) is 4.52 Å². The smallest absolute Gasteiger partial charge is 0.271 e. The molecule has 0 saturated heterocycles. The fraction of sp³-hybridized carbons (Fsp3) is 0.150. The largest absolute Gasteiger partial charge is 0.344 e. The van der Waals surface area contributed by atoms with Crippen molar-refractivity contribution in [3.8, 4) is 17.3 Å². The summed E-state index contributed by atoms with van der Waals surface area (Å²) in [4.78, 5) is 25.3. The highest BCUT2D eigenvalue weighted by Crippen LogP contribution is 2.19. The first-order chi connectivity index (χ1) is 13.6. The van der Waals surface area contributed by atoms with Crippen LogP contribution < -0.4 is 5.32 Å². The number of benzene rings is 1. The Kier molecular flexibility index (Phi) is 4.67. The maximum Gasteiger partial charge on any atom is 0.271 e. The molecule has 1 N–H and O–H groups in total. The number of carbonyl (C=O) groups excluding carboxylic acids is 1. The Bertz CT molecular complexity index is 1100. The summed E-state index contributed by atoms with van der Waals surface area (Å²) in [5.41, 5.74) is 2.08. The summed E-state index contributed by atoms with van der Waals surface area (Å²) in [5.74, 6) is 1.31. The number of imidazole rings is 1. The highest BCUT2D eigenvalue weighted by Gasteiger charge is 2.15. The number of hydrogen-bond acceptors (Lipinski definition) is 6. The maximum atomic E-state index is 12.5. The van der Waals surface area contributed by atoms with Gasteiger partial charge in [0.25, 0.3) is 11.8 Å². The van der Waals surface area contributed by atoms with Crippen molar-refractivity contribution in [3.05, 3.63) is 78.3 Å². The average molecular weight is 374 g/mol. The summed E-state index contributed by atoms with van der Waals surface area (Å²) >= 11 is 0. The highest BCUT2D eigenvalue weighted by atomic mass is 16.5. The first-order valence-corrected chi connectivity index (χ1v) is 8.77. The predicted molar refractivity (Wildman–Crippen MR) is 102 cm³/mol. The third-order valence-corrected chi connectivity index (χ3v) is 4.25. The van der Waals surface area contributed by atoms with Crippen LogP contribution in [0.15, 0.2) is 65.7 Å². The molecule has 0 aliphatic heterocycles. The van der Waals surface area contributed by atoms with Crippen LogP contribution in [-0.2, 0) is 0 Å². The molecule has 0 bridgehead atoms. The topological polar surface area (TPSA) is 98.7 Å². The lowest BCUT2D eigenvalue weighted by Crippen LogP contribution is -2.26. The zero-order valence-electron chi connectivity index (χ0n) is 15.4. The van der Waals surface area contributed by atoms with Crippen LogP contribution in [0.4, 0.5) is 0 Å². The van der Waals surface area contributed by atoms with Gasteiger partial charge in [-0.25, -0.2) is 9.97 Å². The van der Waals surface area contributed by atoms with Crippen molar-refractivity contribution in [1.29, 1.82) is 0 Å². The molecule has 8 heteroatoms.